The lowest BCUT2D eigenvalue weighted by atomic mass is 9.79. The van der Waals surface area contributed by atoms with E-state index in [-0.39, 0.29) is 42.8 Å². The number of anilines is 2. The van der Waals surface area contributed by atoms with E-state index in [4.69, 9.17) is 26.4 Å². The van der Waals surface area contributed by atoms with E-state index in [9.17, 15) is 9.59 Å². The fourth-order valence-electron chi connectivity index (χ4n) is 4.34. The molecule has 0 spiro atoms. The molecule has 2 fully saturated rings. The molecule has 2 N–H and O–H groups in total. The van der Waals surface area contributed by atoms with E-state index >= 15 is 0 Å². The third-order valence-corrected chi connectivity index (χ3v) is 7.12. The summed E-state index contributed by atoms with van der Waals surface area (Å²) < 4.78 is 19.0. The van der Waals surface area contributed by atoms with Crippen molar-refractivity contribution in [2.24, 2.45) is 5.92 Å². The molecule has 0 bridgehead atoms. The van der Waals surface area contributed by atoms with Gasteiger partial charge in [-0.2, -0.15) is 0 Å². The maximum absolute atomic E-state index is 13.0. The monoisotopic (exact) mass is 433 g/mol. The van der Waals surface area contributed by atoms with Gasteiger partial charge in [-0.05, 0) is 37.2 Å². The van der Waals surface area contributed by atoms with Crippen LogP contribution < -0.4 is 15.4 Å². The Hall–Kier alpha value is -2.27. The molecule has 1 aliphatic carbocycles. The topological polar surface area (TPSA) is 90.8 Å². The highest BCUT2D eigenvalue weighted by Gasteiger charge is 2.48. The number of benzene rings is 1. The van der Waals surface area contributed by atoms with Crippen LogP contribution in [-0.2, 0) is 14.3 Å². The zero-order chi connectivity index (χ0) is 20.1. The van der Waals surface area contributed by atoms with Gasteiger partial charge in [0, 0.05) is 0 Å². The average Bonchev–Trinajstić information content (AvgIpc) is 3.31. The van der Waals surface area contributed by atoms with Gasteiger partial charge in [-0.25, -0.2) is 0 Å². The van der Waals surface area contributed by atoms with Crippen molar-refractivity contribution in [2.45, 2.75) is 31.1 Å². The van der Waals surface area contributed by atoms with Crippen molar-refractivity contribution in [3.8, 4) is 5.75 Å². The minimum absolute atomic E-state index is 0.0531. The number of aromatic nitrogens is 1. The predicted molar refractivity (Wildman–Crippen MR) is 109 cm³/mol. The number of thiazole rings is 1. The molecular weight excluding hydrogens is 414 g/mol. The lowest BCUT2D eigenvalue weighted by Crippen LogP contribution is -2.46. The van der Waals surface area contributed by atoms with Crippen molar-refractivity contribution in [3.05, 3.63) is 33.1 Å². The Kier molecular flexibility index (Phi) is 4.66. The van der Waals surface area contributed by atoms with Gasteiger partial charge < -0.3 is 29.4 Å². The number of hydrogen-bond acceptors (Lipinski definition) is 7. The van der Waals surface area contributed by atoms with Gasteiger partial charge in [0.25, 0.3) is 5.91 Å². The molecule has 29 heavy (non-hydrogen) atoms. The number of carbonyl (C=O) groups excluding carboxylic acids is 2. The van der Waals surface area contributed by atoms with Crippen molar-refractivity contribution in [3.63, 3.8) is 0 Å². The van der Waals surface area contributed by atoms with Gasteiger partial charge in [-0.15, -0.1) is 0 Å². The molecule has 10 heteroatoms. The van der Waals surface area contributed by atoms with Crippen LogP contribution in [0.2, 0.25) is 0 Å². The molecule has 2 aliphatic heterocycles. The zero-order valence-electron chi connectivity index (χ0n) is 15.5. The maximum atomic E-state index is 13.0. The van der Waals surface area contributed by atoms with Crippen molar-refractivity contribution in [2.75, 3.05) is 24.5 Å². The summed E-state index contributed by atoms with van der Waals surface area (Å²) in [5.41, 5.74) is 0.551. The number of rotatable bonds is 3. The van der Waals surface area contributed by atoms with E-state index in [1.54, 1.807) is 19.2 Å². The van der Waals surface area contributed by atoms with Crippen LogP contribution in [0.15, 0.2) is 24.3 Å². The second-order valence-corrected chi connectivity index (χ2v) is 8.88. The lowest BCUT2D eigenvalue weighted by Gasteiger charge is -2.40. The van der Waals surface area contributed by atoms with Crippen LogP contribution in [0.4, 0.5) is 11.5 Å². The molecule has 0 radical (unpaired) electrons. The Morgan fingerprint density at radius 2 is 2.07 bits per heavy atom. The lowest BCUT2D eigenvalue weighted by molar-refractivity contribution is -0.125. The molecule has 2 amide bonds. The molecular formula is C19H19N3O5S2. The highest BCUT2D eigenvalue weighted by Crippen LogP contribution is 2.46. The third kappa shape index (κ3) is 3.07. The largest absolute Gasteiger partial charge is 0.495 e. The fourth-order valence-corrected chi connectivity index (χ4v) is 5.71. The van der Waals surface area contributed by atoms with E-state index < -0.39 is 0 Å². The van der Waals surface area contributed by atoms with Crippen LogP contribution in [0.3, 0.4) is 0 Å². The molecule has 2 aromatic rings. The van der Waals surface area contributed by atoms with Gasteiger partial charge >= 0.3 is 0 Å². The molecule has 1 aromatic heterocycles. The maximum Gasteiger partial charge on any atom is 0.269 e. The van der Waals surface area contributed by atoms with E-state index in [1.165, 1.54) is 11.3 Å². The van der Waals surface area contributed by atoms with Crippen molar-refractivity contribution in [1.29, 1.82) is 0 Å². The Bertz CT molecular complexity index is 1050. The summed E-state index contributed by atoms with van der Waals surface area (Å²) in [5, 5.41) is 5.76. The number of nitrogens with zero attached hydrogens (tertiary/aromatic N) is 1. The average molecular weight is 434 g/mol. The first-order valence-corrected chi connectivity index (χ1v) is 10.5. The first kappa shape index (κ1) is 18.7. The number of ether oxygens (including phenoxy) is 3. The zero-order valence-corrected chi connectivity index (χ0v) is 17.2. The Morgan fingerprint density at radius 3 is 2.86 bits per heavy atom. The first-order chi connectivity index (χ1) is 14.1. The third-order valence-electron chi connectivity index (χ3n) is 5.72. The molecule has 1 aromatic carbocycles. The van der Waals surface area contributed by atoms with Gasteiger partial charge in [0.2, 0.25) is 5.91 Å². The van der Waals surface area contributed by atoms with Crippen LogP contribution in [0.1, 0.15) is 28.6 Å². The fraction of sp³-hybridized carbons (Fsp3) is 0.421. The summed E-state index contributed by atoms with van der Waals surface area (Å²) in [5.74, 6) is 0.307. The smallest absolute Gasteiger partial charge is 0.269 e. The number of amides is 2. The second-order valence-electron chi connectivity index (χ2n) is 7.23. The molecule has 4 unspecified atom stereocenters. The van der Waals surface area contributed by atoms with Crippen LogP contribution in [0.25, 0.3) is 0 Å². The summed E-state index contributed by atoms with van der Waals surface area (Å²) in [6, 6.07) is 7.01. The summed E-state index contributed by atoms with van der Waals surface area (Å²) in [6.45, 7) is 0.255. The quantitative estimate of drug-likeness (QED) is 0.723. The Balaban J connectivity index is 1.49. The van der Waals surface area contributed by atoms with Crippen LogP contribution >= 0.6 is 23.6 Å². The molecule has 1 saturated carbocycles. The number of para-hydroxylation sites is 2. The Labute approximate surface area is 175 Å². The van der Waals surface area contributed by atoms with E-state index in [2.05, 4.69) is 10.6 Å². The molecule has 5 rings (SSSR count). The number of nitrogens with one attached hydrogen (secondary N) is 2. The number of fused-ring (bicyclic) bond motifs is 4. The van der Waals surface area contributed by atoms with Crippen molar-refractivity contribution in [1.82, 2.24) is 4.57 Å². The molecule has 4 atom stereocenters. The molecule has 3 heterocycles. The van der Waals surface area contributed by atoms with E-state index in [1.807, 2.05) is 16.7 Å². The number of carbonyl (C=O) groups is 2. The molecule has 3 aliphatic rings. The standard InChI is InChI=1S/C19H19N3O5S2/c1-25-12-5-3-2-4-10(12)20-18(24)15-16-21-17(23)9-6-13-14(27-8-26-13)7-11(9)22(16)19(28)29-15/h2-5,9,11,13-14H,6-8H2,1H3,(H,20,24)(H,21,23). The Morgan fingerprint density at radius 1 is 1.31 bits per heavy atom. The van der Waals surface area contributed by atoms with Crippen LogP contribution in [-0.4, -0.2) is 42.5 Å². The van der Waals surface area contributed by atoms with Crippen LogP contribution in [0.5, 0.6) is 5.75 Å². The number of methoxy groups -OCH3 is 1. The predicted octanol–water partition coefficient (Wildman–Crippen LogP) is 3.18. The normalized spacial score (nSPS) is 27.4. The van der Waals surface area contributed by atoms with Gasteiger partial charge in [0.15, 0.2) is 3.95 Å². The minimum Gasteiger partial charge on any atom is -0.495 e. The molecule has 152 valence electrons. The van der Waals surface area contributed by atoms with E-state index in [0.29, 0.717) is 38.9 Å². The number of hydrogen-bond donors (Lipinski definition) is 2. The first-order valence-electron chi connectivity index (χ1n) is 9.30. The van der Waals surface area contributed by atoms with Crippen molar-refractivity contribution >= 4 is 46.9 Å². The van der Waals surface area contributed by atoms with Gasteiger partial charge in [-0.3, -0.25) is 9.59 Å². The summed E-state index contributed by atoms with van der Waals surface area (Å²) in [6.07, 6.45) is 1.10. The van der Waals surface area contributed by atoms with Gasteiger partial charge in [-0.1, -0.05) is 23.5 Å². The van der Waals surface area contributed by atoms with Crippen LogP contribution in [0, 0.1) is 9.87 Å². The molecule has 1 saturated heterocycles. The second kappa shape index (κ2) is 7.21. The summed E-state index contributed by atoms with van der Waals surface area (Å²) in [4.78, 5) is 26.2. The SMILES string of the molecule is COc1ccccc1NC(=O)c1sc(=S)n2c1NC(=O)C1CC3OCOC3CC12. The summed E-state index contributed by atoms with van der Waals surface area (Å²) >= 11 is 6.76. The highest BCUT2D eigenvalue weighted by atomic mass is 32.1. The summed E-state index contributed by atoms with van der Waals surface area (Å²) in [7, 11) is 1.54. The van der Waals surface area contributed by atoms with Gasteiger partial charge in [0.05, 0.1) is 37.0 Å². The van der Waals surface area contributed by atoms with Crippen molar-refractivity contribution < 1.29 is 23.8 Å². The highest BCUT2D eigenvalue weighted by molar-refractivity contribution is 7.73. The van der Waals surface area contributed by atoms with Gasteiger partial charge in [0.1, 0.15) is 23.2 Å². The van der Waals surface area contributed by atoms with E-state index in [0.717, 1.165) is 0 Å². The molecule has 8 nitrogen and oxygen atoms in total. The minimum atomic E-state index is -0.341.